The van der Waals surface area contributed by atoms with Gasteiger partial charge in [-0.3, -0.25) is 0 Å². The van der Waals surface area contributed by atoms with Crippen molar-refractivity contribution in [3.8, 4) is 0 Å². The van der Waals surface area contributed by atoms with E-state index in [2.05, 4.69) is 36.4 Å². The highest BCUT2D eigenvalue weighted by Crippen LogP contribution is 2.24. The van der Waals surface area contributed by atoms with Gasteiger partial charge in [0.05, 0.1) is 11.2 Å². The van der Waals surface area contributed by atoms with Gasteiger partial charge >= 0.3 is 0 Å². The SMILES string of the molecule is CCC(CC)Nc1nc2cc(C)nn2c2ccccc12. The Morgan fingerprint density at radius 2 is 1.95 bits per heavy atom. The van der Waals surface area contributed by atoms with Crippen molar-refractivity contribution >= 4 is 22.4 Å². The monoisotopic (exact) mass is 268 g/mol. The van der Waals surface area contributed by atoms with E-state index in [0.29, 0.717) is 6.04 Å². The molecule has 20 heavy (non-hydrogen) atoms. The van der Waals surface area contributed by atoms with Crippen LogP contribution in [0.25, 0.3) is 16.6 Å². The predicted molar refractivity (Wildman–Crippen MR) is 83.2 cm³/mol. The van der Waals surface area contributed by atoms with Crippen LogP contribution in [0.1, 0.15) is 32.4 Å². The van der Waals surface area contributed by atoms with Crippen molar-refractivity contribution < 1.29 is 0 Å². The zero-order valence-corrected chi connectivity index (χ0v) is 12.2. The number of rotatable bonds is 4. The van der Waals surface area contributed by atoms with Gasteiger partial charge in [0.1, 0.15) is 5.82 Å². The first-order chi connectivity index (χ1) is 9.72. The molecular weight excluding hydrogens is 248 g/mol. The van der Waals surface area contributed by atoms with Crippen LogP contribution < -0.4 is 5.32 Å². The summed E-state index contributed by atoms with van der Waals surface area (Å²) in [6, 6.07) is 10.8. The molecule has 0 saturated carbocycles. The topological polar surface area (TPSA) is 42.2 Å². The summed E-state index contributed by atoms with van der Waals surface area (Å²) in [5.74, 6) is 0.960. The molecule has 3 rings (SSSR count). The molecule has 1 aromatic carbocycles. The number of benzene rings is 1. The average molecular weight is 268 g/mol. The summed E-state index contributed by atoms with van der Waals surface area (Å²) in [5.41, 5.74) is 2.98. The van der Waals surface area contributed by atoms with Crippen LogP contribution >= 0.6 is 0 Å². The van der Waals surface area contributed by atoms with Gasteiger partial charge in [-0.25, -0.2) is 9.50 Å². The Kier molecular flexibility index (Phi) is 3.30. The molecule has 2 heterocycles. The molecule has 104 valence electrons. The Hall–Kier alpha value is -2.10. The first-order valence-electron chi connectivity index (χ1n) is 7.24. The molecule has 3 aromatic rings. The van der Waals surface area contributed by atoms with Crippen LogP contribution in [0.15, 0.2) is 30.3 Å². The number of fused-ring (bicyclic) bond motifs is 3. The predicted octanol–water partition coefficient (Wildman–Crippen LogP) is 3.79. The van der Waals surface area contributed by atoms with Crippen molar-refractivity contribution in [3.63, 3.8) is 0 Å². The summed E-state index contributed by atoms with van der Waals surface area (Å²) >= 11 is 0. The summed E-state index contributed by atoms with van der Waals surface area (Å²) in [7, 11) is 0. The van der Waals surface area contributed by atoms with Gasteiger partial charge in [-0.1, -0.05) is 26.0 Å². The molecule has 2 aromatic heterocycles. The van der Waals surface area contributed by atoms with Gasteiger partial charge in [0.25, 0.3) is 0 Å². The maximum atomic E-state index is 4.75. The summed E-state index contributed by atoms with van der Waals surface area (Å²) < 4.78 is 1.92. The molecular formula is C16H20N4. The number of anilines is 1. The third kappa shape index (κ3) is 2.11. The largest absolute Gasteiger partial charge is 0.367 e. The second-order valence-corrected chi connectivity index (χ2v) is 5.19. The lowest BCUT2D eigenvalue weighted by Crippen LogP contribution is -2.18. The third-order valence-corrected chi connectivity index (χ3v) is 3.75. The standard InChI is InChI=1S/C16H20N4/c1-4-12(5-2)17-16-13-8-6-7-9-14(13)20-15(18-16)10-11(3)19-20/h6-10,12H,4-5H2,1-3H3,(H,17,18). The molecule has 0 bridgehead atoms. The first-order valence-corrected chi connectivity index (χ1v) is 7.24. The molecule has 0 fully saturated rings. The van der Waals surface area contributed by atoms with Crippen molar-refractivity contribution in [2.45, 2.75) is 39.7 Å². The zero-order chi connectivity index (χ0) is 14.1. The molecule has 0 aliphatic heterocycles. The van der Waals surface area contributed by atoms with E-state index in [0.717, 1.165) is 40.9 Å². The van der Waals surface area contributed by atoms with Crippen molar-refractivity contribution in [3.05, 3.63) is 36.0 Å². The molecule has 0 spiro atoms. The van der Waals surface area contributed by atoms with Crippen LogP contribution in [-0.4, -0.2) is 20.6 Å². The van der Waals surface area contributed by atoms with Crippen molar-refractivity contribution in [2.75, 3.05) is 5.32 Å². The van der Waals surface area contributed by atoms with E-state index in [4.69, 9.17) is 4.98 Å². The first kappa shape index (κ1) is 12.9. The summed E-state index contributed by atoms with van der Waals surface area (Å²) in [5, 5.41) is 9.22. The van der Waals surface area contributed by atoms with E-state index < -0.39 is 0 Å². The van der Waals surface area contributed by atoms with E-state index >= 15 is 0 Å². The van der Waals surface area contributed by atoms with Crippen LogP contribution in [-0.2, 0) is 0 Å². The smallest absolute Gasteiger partial charge is 0.158 e. The van der Waals surface area contributed by atoms with Crippen molar-refractivity contribution in [2.24, 2.45) is 0 Å². The second kappa shape index (κ2) is 5.12. The molecule has 4 heteroatoms. The van der Waals surface area contributed by atoms with Gasteiger partial charge in [0.15, 0.2) is 5.65 Å². The number of hydrogen-bond donors (Lipinski definition) is 1. The van der Waals surface area contributed by atoms with Crippen LogP contribution in [0.4, 0.5) is 5.82 Å². The molecule has 0 unspecified atom stereocenters. The molecule has 1 N–H and O–H groups in total. The maximum Gasteiger partial charge on any atom is 0.158 e. The molecule has 0 radical (unpaired) electrons. The molecule has 0 aliphatic carbocycles. The Morgan fingerprint density at radius 3 is 2.70 bits per heavy atom. The van der Waals surface area contributed by atoms with E-state index in [1.807, 2.05) is 29.6 Å². The number of nitrogens with one attached hydrogen (secondary N) is 1. The average Bonchev–Trinajstić information content (AvgIpc) is 2.85. The number of aryl methyl sites for hydroxylation is 1. The van der Waals surface area contributed by atoms with Crippen molar-refractivity contribution in [1.82, 2.24) is 14.6 Å². The number of para-hydroxylation sites is 1. The number of hydrogen-bond acceptors (Lipinski definition) is 3. The quantitative estimate of drug-likeness (QED) is 0.782. The Balaban J connectivity index is 2.23. The summed E-state index contributed by atoms with van der Waals surface area (Å²) in [6.45, 7) is 6.40. The van der Waals surface area contributed by atoms with E-state index in [-0.39, 0.29) is 0 Å². The van der Waals surface area contributed by atoms with Gasteiger partial charge in [-0.15, -0.1) is 0 Å². The second-order valence-electron chi connectivity index (χ2n) is 5.19. The fourth-order valence-corrected chi connectivity index (χ4v) is 2.57. The minimum absolute atomic E-state index is 0.456. The maximum absolute atomic E-state index is 4.75. The summed E-state index contributed by atoms with van der Waals surface area (Å²) in [4.78, 5) is 4.75. The van der Waals surface area contributed by atoms with Crippen molar-refractivity contribution in [1.29, 1.82) is 0 Å². The number of aromatic nitrogens is 3. The third-order valence-electron chi connectivity index (χ3n) is 3.75. The molecule has 4 nitrogen and oxygen atoms in total. The molecule has 0 atom stereocenters. The highest BCUT2D eigenvalue weighted by molar-refractivity contribution is 5.91. The van der Waals surface area contributed by atoms with Gasteiger partial charge in [-0.05, 0) is 31.9 Å². The minimum Gasteiger partial charge on any atom is -0.367 e. The molecule has 0 aliphatic rings. The van der Waals surface area contributed by atoms with E-state index in [9.17, 15) is 0 Å². The zero-order valence-electron chi connectivity index (χ0n) is 12.2. The Labute approximate surface area is 118 Å². The van der Waals surface area contributed by atoms with Crippen LogP contribution in [0.3, 0.4) is 0 Å². The fraction of sp³-hybridized carbons (Fsp3) is 0.375. The van der Waals surface area contributed by atoms with Crippen LogP contribution in [0, 0.1) is 6.92 Å². The minimum atomic E-state index is 0.456. The van der Waals surface area contributed by atoms with Crippen LogP contribution in [0.5, 0.6) is 0 Å². The fourth-order valence-electron chi connectivity index (χ4n) is 2.57. The normalized spacial score (nSPS) is 11.6. The van der Waals surface area contributed by atoms with Gasteiger partial charge < -0.3 is 5.32 Å². The van der Waals surface area contributed by atoms with Gasteiger partial charge in [0, 0.05) is 17.5 Å². The molecule has 0 saturated heterocycles. The highest BCUT2D eigenvalue weighted by atomic mass is 15.3. The van der Waals surface area contributed by atoms with Gasteiger partial charge in [0.2, 0.25) is 0 Å². The van der Waals surface area contributed by atoms with Crippen LogP contribution in [0.2, 0.25) is 0 Å². The summed E-state index contributed by atoms with van der Waals surface area (Å²) in [6.07, 6.45) is 2.19. The van der Waals surface area contributed by atoms with E-state index in [1.54, 1.807) is 0 Å². The number of nitrogens with zero attached hydrogens (tertiary/aromatic N) is 3. The molecule has 0 amide bonds. The van der Waals surface area contributed by atoms with E-state index in [1.165, 1.54) is 0 Å². The lowest BCUT2D eigenvalue weighted by molar-refractivity contribution is 0.669. The van der Waals surface area contributed by atoms with Gasteiger partial charge in [-0.2, -0.15) is 5.10 Å². The Morgan fingerprint density at radius 1 is 1.20 bits per heavy atom. The Bertz CT molecular complexity index is 741. The highest BCUT2D eigenvalue weighted by Gasteiger charge is 2.12. The lowest BCUT2D eigenvalue weighted by Gasteiger charge is -2.17. The lowest BCUT2D eigenvalue weighted by atomic mass is 10.1.